The predicted octanol–water partition coefficient (Wildman–Crippen LogP) is 3.82. The van der Waals surface area contributed by atoms with Crippen LogP contribution in [0.1, 0.15) is 173 Å². The van der Waals surface area contributed by atoms with Gasteiger partial charge in [0, 0.05) is 38.9 Å². The molecule has 0 aliphatic heterocycles. The summed E-state index contributed by atoms with van der Waals surface area (Å²) in [7, 11) is 8.66. The molecule has 61 heavy (non-hydrogen) atoms. The number of amides is 4. The Labute approximate surface area is 366 Å². The van der Waals surface area contributed by atoms with E-state index in [2.05, 4.69) is 37.1 Å². The summed E-state index contributed by atoms with van der Waals surface area (Å²) in [5, 5.41) is 46.7. The Bertz CT molecular complexity index is 1230. The second-order valence-electron chi connectivity index (χ2n) is 16.0. The van der Waals surface area contributed by atoms with Gasteiger partial charge in [0.15, 0.2) is 7.98 Å². The van der Waals surface area contributed by atoms with E-state index in [-0.39, 0.29) is 55.4 Å². The third-order valence-electron chi connectivity index (χ3n) is 10.8. The molecule has 0 heterocycles. The first kappa shape index (κ1) is 57.2. The molecule has 0 aromatic rings. The molecule has 350 valence electrons. The van der Waals surface area contributed by atoms with Crippen LogP contribution in [0.15, 0.2) is 0 Å². The molecule has 18 heteroatoms. The molecule has 0 aromatic carbocycles. The lowest BCUT2D eigenvalue weighted by Crippen LogP contribution is -2.44. The van der Waals surface area contributed by atoms with Crippen LogP contribution in [0, 0.1) is 0 Å². The van der Waals surface area contributed by atoms with Crippen LogP contribution in [-0.4, -0.2) is 123 Å². The zero-order valence-electron chi connectivity index (χ0n) is 37.3. The Hall–Kier alpha value is -3.77. The summed E-state index contributed by atoms with van der Waals surface area (Å²) >= 11 is 0. The highest BCUT2D eigenvalue weighted by atomic mass is 16.4. The highest BCUT2D eigenvalue weighted by molar-refractivity contribution is 6.06. The summed E-state index contributed by atoms with van der Waals surface area (Å²) in [6.45, 7) is 1.29. The molecule has 0 saturated heterocycles. The Morgan fingerprint density at radius 3 is 1.16 bits per heavy atom. The maximum Gasteiger partial charge on any atom is 0.326 e. The first-order valence-electron chi connectivity index (χ1n) is 23.0. The number of aliphatic carboxylic acids is 3. The Balaban J connectivity index is 4.02. The monoisotopic (exact) mass is 866 g/mol. The summed E-state index contributed by atoms with van der Waals surface area (Å²) in [6.07, 6.45) is 21.1. The van der Waals surface area contributed by atoms with E-state index in [4.69, 9.17) is 18.2 Å². The average molecular weight is 866 g/mol. The highest BCUT2D eigenvalue weighted by Crippen LogP contribution is 2.14. The van der Waals surface area contributed by atoms with E-state index in [0.29, 0.717) is 77.4 Å². The van der Waals surface area contributed by atoms with Crippen molar-refractivity contribution in [1.82, 2.24) is 37.1 Å². The van der Waals surface area contributed by atoms with Gasteiger partial charge >= 0.3 is 17.9 Å². The quantitative estimate of drug-likeness (QED) is 0.0309. The maximum absolute atomic E-state index is 12.7. The summed E-state index contributed by atoms with van der Waals surface area (Å²) in [4.78, 5) is 83.3. The van der Waals surface area contributed by atoms with Gasteiger partial charge in [0.05, 0.1) is 18.1 Å². The summed E-state index contributed by atoms with van der Waals surface area (Å²) in [5.41, 5.74) is 0. The van der Waals surface area contributed by atoms with Gasteiger partial charge in [0.1, 0.15) is 6.04 Å². The topological polar surface area (TPSA) is 264 Å². The minimum atomic E-state index is -1.17. The zero-order chi connectivity index (χ0) is 45.5. The van der Waals surface area contributed by atoms with Crippen molar-refractivity contribution < 1.29 is 48.9 Å². The second kappa shape index (κ2) is 39.1. The number of nitrogens with one attached hydrogen (secondary N) is 7. The lowest BCUT2D eigenvalue weighted by molar-refractivity contribution is -0.142. The van der Waals surface area contributed by atoms with E-state index >= 15 is 0 Å². The summed E-state index contributed by atoms with van der Waals surface area (Å²) in [5.74, 6) is -3.76. The number of likely N-dealkylation sites (N-methyl/N-ethyl adjacent to an activating group) is 2. The molecule has 3 unspecified atom stereocenters. The molecule has 10 N–H and O–H groups in total. The van der Waals surface area contributed by atoms with E-state index in [1.54, 1.807) is 14.1 Å². The van der Waals surface area contributed by atoms with E-state index in [0.717, 1.165) is 44.9 Å². The van der Waals surface area contributed by atoms with Gasteiger partial charge in [-0.1, -0.05) is 77.0 Å². The van der Waals surface area contributed by atoms with E-state index in [1.165, 1.54) is 44.9 Å². The molecule has 0 spiro atoms. The van der Waals surface area contributed by atoms with Gasteiger partial charge in [-0.25, -0.2) is 4.79 Å². The van der Waals surface area contributed by atoms with Gasteiger partial charge in [-0.3, -0.25) is 28.8 Å². The minimum Gasteiger partial charge on any atom is -0.481 e. The summed E-state index contributed by atoms with van der Waals surface area (Å²) in [6, 6.07) is -2.71. The van der Waals surface area contributed by atoms with Crippen molar-refractivity contribution in [3.05, 3.63) is 0 Å². The molecule has 0 aromatic heterocycles. The van der Waals surface area contributed by atoms with E-state index in [9.17, 15) is 38.7 Å². The van der Waals surface area contributed by atoms with Gasteiger partial charge in [0.25, 0.3) is 0 Å². The first-order chi connectivity index (χ1) is 29.4. The molecule has 0 aliphatic carbocycles. The van der Waals surface area contributed by atoms with E-state index in [1.807, 2.05) is 0 Å². The van der Waals surface area contributed by atoms with Crippen LogP contribution >= 0.6 is 0 Å². The number of unbranched alkanes of at least 4 members (excludes halogenated alkanes) is 16. The third kappa shape index (κ3) is 33.5. The predicted molar refractivity (Wildman–Crippen MR) is 237 cm³/mol. The van der Waals surface area contributed by atoms with Gasteiger partial charge in [0.2, 0.25) is 23.6 Å². The smallest absolute Gasteiger partial charge is 0.326 e. The van der Waals surface area contributed by atoms with Gasteiger partial charge in [-0.05, 0) is 91.1 Å². The standard InChI is InChI=1S/C43H80BN7O10/c1-45-33(40(56)48-31-21-18-24-34(46-2)41(57)49-32-22-19-25-36(51-44)43(60)61)23-17-20-30-47-37(52)29-28-35(42(58)59)50-38(53)26-15-13-11-9-7-5-3-4-6-8-10-12-14-16-27-39(54)55/h33-36,45-46,51H,3-32H2,1-2H3,(H,47,52)(H,48,56)(H,49,57)(H,50,53)(H,54,55)(H,58,59)(H,60,61)/t33-,34?,35?,36?/m0/s1. The van der Waals surface area contributed by atoms with Crippen molar-refractivity contribution in [3.8, 4) is 0 Å². The van der Waals surface area contributed by atoms with E-state index < -0.39 is 36.0 Å². The maximum atomic E-state index is 12.7. The average Bonchev–Trinajstić information content (AvgIpc) is 3.22. The third-order valence-corrected chi connectivity index (χ3v) is 10.8. The lowest BCUT2D eigenvalue weighted by Gasteiger charge is -2.18. The van der Waals surface area contributed by atoms with Gasteiger partial charge in [-0.15, -0.1) is 0 Å². The fraction of sp³-hybridized carbons (Fsp3) is 0.837. The summed E-state index contributed by atoms with van der Waals surface area (Å²) < 4.78 is 0. The van der Waals surface area contributed by atoms with Crippen molar-refractivity contribution in [3.63, 3.8) is 0 Å². The number of carboxylic acid groups (broad SMARTS) is 3. The van der Waals surface area contributed by atoms with Crippen molar-refractivity contribution in [2.75, 3.05) is 33.7 Å². The van der Waals surface area contributed by atoms with Crippen LogP contribution in [0.3, 0.4) is 0 Å². The molecule has 4 amide bonds. The number of rotatable bonds is 43. The highest BCUT2D eigenvalue weighted by Gasteiger charge is 2.21. The van der Waals surface area contributed by atoms with Gasteiger partial charge < -0.3 is 52.4 Å². The van der Waals surface area contributed by atoms with Crippen LogP contribution < -0.4 is 37.1 Å². The number of carbonyl (C=O) groups excluding carboxylic acids is 4. The Morgan fingerprint density at radius 2 is 0.787 bits per heavy atom. The van der Waals surface area contributed by atoms with Crippen molar-refractivity contribution in [2.24, 2.45) is 0 Å². The molecule has 17 nitrogen and oxygen atoms in total. The Morgan fingerprint density at radius 1 is 0.410 bits per heavy atom. The molecule has 0 aliphatic rings. The fourth-order valence-electron chi connectivity index (χ4n) is 6.98. The fourth-order valence-corrected chi connectivity index (χ4v) is 6.98. The van der Waals surface area contributed by atoms with Crippen LogP contribution in [0.2, 0.25) is 0 Å². The van der Waals surface area contributed by atoms with Crippen LogP contribution in [0.5, 0.6) is 0 Å². The first-order valence-corrected chi connectivity index (χ1v) is 23.0. The molecular formula is C43H80BN7O10. The van der Waals surface area contributed by atoms with Crippen LogP contribution in [-0.2, 0) is 33.6 Å². The molecule has 0 rings (SSSR count). The van der Waals surface area contributed by atoms with Crippen LogP contribution in [0.4, 0.5) is 0 Å². The molecular weight excluding hydrogens is 785 g/mol. The van der Waals surface area contributed by atoms with Crippen molar-refractivity contribution in [2.45, 2.75) is 198 Å². The molecule has 0 bridgehead atoms. The number of carbonyl (C=O) groups is 7. The number of hydrogen-bond acceptors (Lipinski definition) is 10. The minimum absolute atomic E-state index is 0.00335. The van der Waals surface area contributed by atoms with Crippen molar-refractivity contribution >= 4 is 49.5 Å². The lowest BCUT2D eigenvalue weighted by atomic mass is 10.0. The van der Waals surface area contributed by atoms with Crippen molar-refractivity contribution in [1.29, 1.82) is 0 Å². The largest absolute Gasteiger partial charge is 0.481 e. The molecule has 4 atom stereocenters. The Kier molecular flexibility index (Phi) is 36.7. The SMILES string of the molecule is [B]NC(CCCCNC(=O)C(CCCCNC(=O)[C@H](CCCCNC(=O)CCC(NC(=O)CCCCCCCCCCCCCCCCC(=O)O)C(=O)O)NC)NC)C(=O)O. The molecule has 0 fully saturated rings. The second-order valence-corrected chi connectivity index (χ2v) is 16.0. The normalized spacial score (nSPS) is 13.1. The van der Waals surface area contributed by atoms with Gasteiger partial charge in [-0.2, -0.15) is 0 Å². The molecule has 2 radical (unpaired) electrons. The number of hydrogen-bond donors (Lipinski definition) is 10. The molecule has 0 saturated carbocycles. The van der Waals surface area contributed by atoms with Crippen LogP contribution in [0.25, 0.3) is 0 Å². The zero-order valence-corrected chi connectivity index (χ0v) is 37.3. The number of carboxylic acids is 3.